The van der Waals surface area contributed by atoms with Crippen molar-refractivity contribution in [3.05, 3.63) is 51.6 Å². The van der Waals surface area contributed by atoms with Gasteiger partial charge in [0.1, 0.15) is 11.9 Å². The highest BCUT2D eigenvalue weighted by Crippen LogP contribution is 2.20. The van der Waals surface area contributed by atoms with Crippen LogP contribution in [-0.4, -0.2) is 9.97 Å². The van der Waals surface area contributed by atoms with Crippen LogP contribution in [0.2, 0.25) is 0 Å². The Hall–Kier alpha value is -2.61. The number of hydrogen-bond donors (Lipinski definition) is 2. The molecule has 0 aliphatic heterocycles. The van der Waals surface area contributed by atoms with Gasteiger partial charge in [-0.25, -0.2) is 4.98 Å². The molecule has 0 saturated heterocycles. The number of benzene rings is 1. The smallest absolute Gasteiger partial charge is 0.271 e. The molecule has 5 nitrogen and oxygen atoms in total. The third-order valence-corrected chi connectivity index (χ3v) is 3.44. The number of para-hydroxylation sites is 1. The van der Waals surface area contributed by atoms with E-state index in [2.05, 4.69) is 29.1 Å². The Morgan fingerprint density at radius 3 is 2.73 bits per heavy atom. The number of rotatable bonds is 5. The van der Waals surface area contributed by atoms with Gasteiger partial charge in [0.25, 0.3) is 5.56 Å². The molecule has 2 aromatic rings. The first-order valence-corrected chi connectivity index (χ1v) is 7.37. The van der Waals surface area contributed by atoms with Crippen LogP contribution in [0.15, 0.2) is 29.1 Å². The quantitative estimate of drug-likeness (QED) is 0.887. The van der Waals surface area contributed by atoms with Gasteiger partial charge in [-0.1, -0.05) is 32.0 Å². The van der Waals surface area contributed by atoms with Gasteiger partial charge in [-0.2, -0.15) is 5.26 Å². The number of aryl methyl sites for hydroxylation is 2. The van der Waals surface area contributed by atoms with Crippen LogP contribution in [0.1, 0.15) is 37.2 Å². The zero-order valence-corrected chi connectivity index (χ0v) is 13.1. The molecule has 0 bridgehead atoms. The number of H-pyrrole nitrogens is 1. The highest BCUT2D eigenvalue weighted by atomic mass is 16.1. The average Bonchev–Trinajstić information content (AvgIpc) is 2.47. The monoisotopic (exact) mass is 296 g/mol. The van der Waals surface area contributed by atoms with Crippen LogP contribution in [-0.2, 0) is 6.42 Å². The molecule has 0 spiro atoms. The minimum absolute atomic E-state index is 0.0107. The largest absolute Gasteiger partial charge is 0.339 e. The molecule has 22 heavy (non-hydrogen) atoms. The minimum Gasteiger partial charge on any atom is -0.339 e. The van der Waals surface area contributed by atoms with Crippen molar-refractivity contribution in [1.82, 2.24) is 9.97 Å². The summed E-state index contributed by atoms with van der Waals surface area (Å²) in [6, 6.07) is 9.62. The molecule has 0 aliphatic carbocycles. The van der Waals surface area contributed by atoms with Crippen LogP contribution in [0.25, 0.3) is 0 Å². The van der Waals surface area contributed by atoms with Crippen molar-refractivity contribution in [1.29, 1.82) is 5.26 Å². The molecular formula is C17H20N4O. The maximum Gasteiger partial charge on any atom is 0.271 e. The van der Waals surface area contributed by atoms with E-state index < -0.39 is 5.56 Å². The highest BCUT2D eigenvalue weighted by molar-refractivity contribution is 5.64. The van der Waals surface area contributed by atoms with Crippen LogP contribution >= 0.6 is 0 Å². The molecule has 1 aromatic heterocycles. The third kappa shape index (κ3) is 3.73. The lowest BCUT2D eigenvalue weighted by molar-refractivity contribution is 0.574. The Labute approximate surface area is 130 Å². The van der Waals surface area contributed by atoms with Crippen molar-refractivity contribution >= 4 is 11.5 Å². The van der Waals surface area contributed by atoms with E-state index in [1.165, 1.54) is 0 Å². The Kier molecular flexibility index (Phi) is 4.95. The molecule has 0 radical (unpaired) electrons. The van der Waals surface area contributed by atoms with Gasteiger partial charge in [0, 0.05) is 12.1 Å². The molecule has 5 heteroatoms. The van der Waals surface area contributed by atoms with Gasteiger partial charge in [-0.15, -0.1) is 0 Å². The SMILES string of the molecule is Cc1ccccc1Nc1nc(CCC(C)C)[nH]c(=O)c1C#N. The molecule has 1 aromatic carbocycles. The van der Waals surface area contributed by atoms with Crippen molar-refractivity contribution in [3.63, 3.8) is 0 Å². The first kappa shape index (κ1) is 15.8. The van der Waals surface area contributed by atoms with Crippen molar-refractivity contribution in [3.8, 4) is 6.07 Å². The summed E-state index contributed by atoms with van der Waals surface area (Å²) in [7, 11) is 0. The zero-order valence-electron chi connectivity index (χ0n) is 13.1. The number of aromatic nitrogens is 2. The predicted octanol–water partition coefficient (Wildman–Crippen LogP) is 3.28. The molecule has 0 atom stereocenters. The number of nitriles is 1. The lowest BCUT2D eigenvalue weighted by Gasteiger charge is -2.11. The molecule has 0 aliphatic rings. The fourth-order valence-electron chi connectivity index (χ4n) is 2.10. The molecule has 0 saturated carbocycles. The van der Waals surface area contributed by atoms with E-state index in [0.717, 1.165) is 17.7 Å². The van der Waals surface area contributed by atoms with Crippen LogP contribution in [0.4, 0.5) is 11.5 Å². The van der Waals surface area contributed by atoms with E-state index in [1.54, 1.807) is 0 Å². The van der Waals surface area contributed by atoms with Gasteiger partial charge in [0.05, 0.1) is 0 Å². The van der Waals surface area contributed by atoms with Crippen molar-refractivity contribution in [2.45, 2.75) is 33.6 Å². The van der Waals surface area contributed by atoms with Crippen LogP contribution in [0.5, 0.6) is 0 Å². The van der Waals surface area contributed by atoms with E-state index in [0.29, 0.717) is 24.0 Å². The van der Waals surface area contributed by atoms with Crippen LogP contribution in [0.3, 0.4) is 0 Å². The summed E-state index contributed by atoms with van der Waals surface area (Å²) >= 11 is 0. The van der Waals surface area contributed by atoms with Gasteiger partial charge in [-0.05, 0) is 30.9 Å². The fraction of sp³-hybridized carbons (Fsp3) is 0.353. The zero-order chi connectivity index (χ0) is 16.1. The molecular weight excluding hydrogens is 276 g/mol. The fourth-order valence-corrected chi connectivity index (χ4v) is 2.10. The summed E-state index contributed by atoms with van der Waals surface area (Å²) in [6.45, 7) is 6.20. The lowest BCUT2D eigenvalue weighted by atomic mass is 10.1. The number of aromatic amines is 1. The van der Waals surface area contributed by atoms with Gasteiger partial charge < -0.3 is 10.3 Å². The van der Waals surface area contributed by atoms with Crippen molar-refractivity contribution in [2.24, 2.45) is 5.92 Å². The number of anilines is 2. The Balaban J connectivity index is 2.38. The van der Waals surface area contributed by atoms with Gasteiger partial charge in [0.2, 0.25) is 0 Å². The van der Waals surface area contributed by atoms with Crippen LogP contribution in [0, 0.1) is 24.2 Å². The Morgan fingerprint density at radius 2 is 2.09 bits per heavy atom. The predicted molar refractivity (Wildman–Crippen MR) is 87.2 cm³/mol. The van der Waals surface area contributed by atoms with E-state index in [9.17, 15) is 10.1 Å². The van der Waals surface area contributed by atoms with Gasteiger partial charge in [0.15, 0.2) is 11.4 Å². The summed E-state index contributed by atoms with van der Waals surface area (Å²) in [5.74, 6) is 1.45. The summed E-state index contributed by atoms with van der Waals surface area (Å²) < 4.78 is 0. The summed E-state index contributed by atoms with van der Waals surface area (Å²) in [6.07, 6.45) is 1.61. The molecule has 114 valence electrons. The molecule has 0 unspecified atom stereocenters. The van der Waals surface area contributed by atoms with E-state index in [1.807, 2.05) is 37.3 Å². The maximum atomic E-state index is 12.1. The second-order valence-electron chi connectivity index (χ2n) is 5.72. The van der Waals surface area contributed by atoms with E-state index >= 15 is 0 Å². The lowest BCUT2D eigenvalue weighted by Crippen LogP contribution is -2.18. The first-order chi connectivity index (χ1) is 10.5. The maximum absolute atomic E-state index is 12.1. The van der Waals surface area contributed by atoms with Gasteiger partial charge in [-0.3, -0.25) is 4.79 Å². The second kappa shape index (κ2) is 6.90. The number of nitrogens with zero attached hydrogens (tertiary/aromatic N) is 2. The first-order valence-electron chi connectivity index (χ1n) is 7.37. The normalized spacial score (nSPS) is 10.5. The summed E-state index contributed by atoms with van der Waals surface area (Å²) in [5, 5.41) is 12.3. The van der Waals surface area contributed by atoms with E-state index in [4.69, 9.17) is 0 Å². The standard InChI is InChI=1S/C17H20N4O/c1-11(2)8-9-15-20-16(13(10-18)17(22)21-15)19-14-7-5-4-6-12(14)3/h4-7,11H,8-9H2,1-3H3,(H2,19,20,21,22). The topological polar surface area (TPSA) is 81.6 Å². The molecule has 0 fully saturated rings. The Morgan fingerprint density at radius 1 is 1.36 bits per heavy atom. The molecule has 2 rings (SSSR count). The van der Waals surface area contributed by atoms with Crippen LogP contribution < -0.4 is 10.9 Å². The molecule has 0 amide bonds. The average molecular weight is 296 g/mol. The van der Waals surface area contributed by atoms with Gasteiger partial charge >= 0.3 is 0 Å². The minimum atomic E-state index is -0.396. The molecule has 1 heterocycles. The third-order valence-electron chi connectivity index (χ3n) is 3.44. The number of hydrogen-bond acceptors (Lipinski definition) is 4. The van der Waals surface area contributed by atoms with Crippen molar-refractivity contribution < 1.29 is 0 Å². The van der Waals surface area contributed by atoms with E-state index in [-0.39, 0.29) is 5.56 Å². The second-order valence-corrected chi connectivity index (χ2v) is 5.72. The van der Waals surface area contributed by atoms with Crippen molar-refractivity contribution in [2.75, 3.05) is 5.32 Å². The highest BCUT2D eigenvalue weighted by Gasteiger charge is 2.12. The number of nitrogens with one attached hydrogen (secondary N) is 2. The summed E-state index contributed by atoms with van der Waals surface area (Å²) in [4.78, 5) is 19.2. The summed E-state index contributed by atoms with van der Waals surface area (Å²) in [5.41, 5.74) is 1.48. The molecule has 2 N–H and O–H groups in total. The Bertz CT molecular complexity index is 756.